The molecule has 1 aromatic carbocycles. The number of amides is 1. The van der Waals surface area contributed by atoms with E-state index in [9.17, 15) is 4.79 Å². The number of rotatable bonds is 5. The van der Waals surface area contributed by atoms with Gasteiger partial charge in [0.25, 0.3) is 5.91 Å². The number of guanidine groups is 1. The molecule has 0 radical (unpaired) electrons. The minimum absolute atomic E-state index is 0. The van der Waals surface area contributed by atoms with Crippen molar-refractivity contribution < 1.29 is 9.53 Å². The summed E-state index contributed by atoms with van der Waals surface area (Å²) in [5.74, 6) is 0.676. The summed E-state index contributed by atoms with van der Waals surface area (Å²) in [6, 6.07) is 7.63. The van der Waals surface area contributed by atoms with Crippen molar-refractivity contribution in [2.45, 2.75) is 51.8 Å². The van der Waals surface area contributed by atoms with Crippen LogP contribution in [0.15, 0.2) is 29.3 Å². The lowest BCUT2D eigenvalue weighted by molar-refractivity contribution is 0.0857. The number of hydrogen-bond acceptors (Lipinski definition) is 3. The molecule has 7 heteroatoms. The number of nitrogens with zero attached hydrogens (tertiary/aromatic N) is 1. The van der Waals surface area contributed by atoms with Gasteiger partial charge in [0.15, 0.2) is 5.96 Å². The van der Waals surface area contributed by atoms with Crippen LogP contribution in [0.5, 0.6) is 0 Å². The third kappa shape index (κ3) is 7.90. The smallest absolute Gasteiger partial charge is 0.251 e. The highest BCUT2D eigenvalue weighted by Gasteiger charge is 2.17. The van der Waals surface area contributed by atoms with Gasteiger partial charge in [0, 0.05) is 37.8 Å². The van der Waals surface area contributed by atoms with E-state index in [4.69, 9.17) is 4.74 Å². The Morgan fingerprint density at radius 3 is 2.69 bits per heavy atom. The predicted molar refractivity (Wildman–Crippen MR) is 116 cm³/mol. The summed E-state index contributed by atoms with van der Waals surface area (Å²) in [6.07, 6.45) is 2.25. The molecule has 1 fully saturated rings. The standard InChI is InChI=1S/C19H30N4O2.HI/c1-19(2,3)23-18(20-4)22-12-14-7-5-8-15(11-14)17(24)21-13-16-9-6-10-25-16;/h5,7-8,11,16H,6,9-10,12-13H2,1-4H3,(H,21,24)(H2,20,22,23);1H. The van der Waals surface area contributed by atoms with E-state index in [1.165, 1.54) is 0 Å². The van der Waals surface area contributed by atoms with Crippen LogP contribution < -0.4 is 16.0 Å². The second kappa shape index (κ2) is 10.7. The lowest BCUT2D eigenvalue weighted by Crippen LogP contribution is -2.47. The Bertz CT molecular complexity index is 608. The van der Waals surface area contributed by atoms with Crippen molar-refractivity contribution >= 4 is 35.8 Å². The molecule has 1 aromatic rings. The van der Waals surface area contributed by atoms with Crippen molar-refractivity contribution in [2.75, 3.05) is 20.2 Å². The molecule has 0 bridgehead atoms. The van der Waals surface area contributed by atoms with Gasteiger partial charge in [-0.3, -0.25) is 9.79 Å². The van der Waals surface area contributed by atoms with Gasteiger partial charge < -0.3 is 20.7 Å². The molecule has 1 saturated heterocycles. The minimum atomic E-state index is -0.0636. The molecule has 0 spiro atoms. The maximum absolute atomic E-state index is 12.3. The molecule has 1 heterocycles. The Hall–Kier alpha value is -1.35. The van der Waals surface area contributed by atoms with Crippen molar-refractivity contribution in [2.24, 2.45) is 4.99 Å². The first kappa shape index (κ1) is 22.7. The van der Waals surface area contributed by atoms with Crippen LogP contribution in [0.25, 0.3) is 0 Å². The summed E-state index contributed by atoms with van der Waals surface area (Å²) in [5.41, 5.74) is 1.63. The van der Waals surface area contributed by atoms with Crippen LogP contribution in [-0.4, -0.2) is 43.7 Å². The van der Waals surface area contributed by atoms with Crippen molar-refractivity contribution in [1.29, 1.82) is 0 Å². The highest BCUT2D eigenvalue weighted by atomic mass is 127. The number of benzene rings is 1. The third-order valence-electron chi connectivity index (χ3n) is 3.88. The molecule has 1 amide bonds. The third-order valence-corrected chi connectivity index (χ3v) is 3.88. The van der Waals surface area contributed by atoms with Gasteiger partial charge in [0.1, 0.15) is 0 Å². The molecule has 1 aliphatic heterocycles. The molecule has 1 aliphatic rings. The second-order valence-corrected chi connectivity index (χ2v) is 7.35. The molecule has 0 aliphatic carbocycles. The van der Waals surface area contributed by atoms with Gasteiger partial charge >= 0.3 is 0 Å². The van der Waals surface area contributed by atoms with E-state index in [0.29, 0.717) is 18.7 Å². The Balaban J connectivity index is 0.00000338. The highest BCUT2D eigenvalue weighted by molar-refractivity contribution is 14.0. The maximum Gasteiger partial charge on any atom is 0.251 e. The molecule has 0 aromatic heterocycles. The molecule has 1 unspecified atom stereocenters. The molecule has 3 N–H and O–H groups in total. The number of nitrogens with one attached hydrogen (secondary N) is 3. The topological polar surface area (TPSA) is 74.8 Å². The van der Waals surface area contributed by atoms with E-state index in [1.54, 1.807) is 7.05 Å². The number of aliphatic imine (C=N–C) groups is 1. The van der Waals surface area contributed by atoms with Gasteiger partial charge in [-0.05, 0) is 51.3 Å². The van der Waals surface area contributed by atoms with Gasteiger partial charge in [-0.25, -0.2) is 0 Å². The monoisotopic (exact) mass is 474 g/mol. The average molecular weight is 474 g/mol. The van der Waals surface area contributed by atoms with Crippen LogP contribution in [0.2, 0.25) is 0 Å². The first-order valence-electron chi connectivity index (χ1n) is 8.85. The fourth-order valence-electron chi connectivity index (χ4n) is 2.66. The van der Waals surface area contributed by atoms with E-state index in [0.717, 1.165) is 31.0 Å². The van der Waals surface area contributed by atoms with Gasteiger partial charge in [0.2, 0.25) is 0 Å². The van der Waals surface area contributed by atoms with Gasteiger partial charge in [-0.2, -0.15) is 0 Å². The van der Waals surface area contributed by atoms with Gasteiger partial charge in [0.05, 0.1) is 6.10 Å². The van der Waals surface area contributed by atoms with Gasteiger partial charge in [-0.1, -0.05) is 12.1 Å². The molecule has 0 saturated carbocycles. The van der Waals surface area contributed by atoms with Crippen LogP contribution >= 0.6 is 24.0 Å². The van der Waals surface area contributed by atoms with Crippen LogP contribution in [0.3, 0.4) is 0 Å². The molecule has 2 rings (SSSR count). The van der Waals surface area contributed by atoms with Crippen LogP contribution in [0, 0.1) is 0 Å². The summed E-state index contributed by atoms with van der Waals surface area (Å²) < 4.78 is 5.54. The molecule has 146 valence electrons. The number of ether oxygens (including phenoxy) is 1. The highest BCUT2D eigenvalue weighted by Crippen LogP contribution is 2.11. The van der Waals surface area contributed by atoms with E-state index < -0.39 is 0 Å². The summed E-state index contributed by atoms with van der Waals surface area (Å²) in [6.45, 7) is 8.22. The molecular weight excluding hydrogens is 443 g/mol. The number of carbonyl (C=O) groups excluding carboxylic acids is 1. The average Bonchev–Trinajstić information content (AvgIpc) is 3.09. The molecule has 6 nitrogen and oxygen atoms in total. The van der Waals surface area contributed by atoms with E-state index in [2.05, 4.69) is 41.7 Å². The zero-order chi connectivity index (χ0) is 18.3. The van der Waals surface area contributed by atoms with Crippen molar-refractivity contribution in [1.82, 2.24) is 16.0 Å². The SMILES string of the molecule is CN=C(NCc1cccc(C(=O)NCC2CCCO2)c1)NC(C)(C)C.I. The minimum Gasteiger partial charge on any atom is -0.376 e. The lowest BCUT2D eigenvalue weighted by atomic mass is 10.1. The van der Waals surface area contributed by atoms with Crippen molar-refractivity contribution in [3.05, 3.63) is 35.4 Å². The summed E-state index contributed by atoms with van der Waals surface area (Å²) >= 11 is 0. The van der Waals surface area contributed by atoms with Crippen LogP contribution in [0.4, 0.5) is 0 Å². The Labute approximate surface area is 173 Å². The van der Waals surface area contributed by atoms with Crippen LogP contribution in [-0.2, 0) is 11.3 Å². The van der Waals surface area contributed by atoms with Crippen LogP contribution in [0.1, 0.15) is 49.5 Å². The summed E-state index contributed by atoms with van der Waals surface area (Å²) in [5, 5.41) is 9.54. The summed E-state index contributed by atoms with van der Waals surface area (Å²) in [7, 11) is 1.75. The molecular formula is C19H31IN4O2. The fraction of sp³-hybridized carbons (Fsp3) is 0.579. The van der Waals surface area contributed by atoms with E-state index in [-0.39, 0.29) is 41.5 Å². The maximum atomic E-state index is 12.3. The quantitative estimate of drug-likeness (QED) is 0.349. The Kier molecular flexibility index (Phi) is 9.35. The molecule has 26 heavy (non-hydrogen) atoms. The Morgan fingerprint density at radius 2 is 2.08 bits per heavy atom. The van der Waals surface area contributed by atoms with Crippen molar-refractivity contribution in [3.63, 3.8) is 0 Å². The summed E-state index contributed by atoms with van der Waals surface area (Å²) in [4.78, 5) is 16.5. The zero-order valence-electron chi connectivity index (χ0n) is 16.1. The molecule has 1 atom stereocenters. The normalized spacial score (nSPS) is 17.4. The number of hydrogen-bond donors (Lipinski definition) is 3. The number of carbonyl (C=O) groups is 1. The Morgan fingerprint density at radius 1 is 1.31 bits per heavy atom. The zero-order valence-corrected chi connectivity index (χ0v) is 18.4. The largest absolute Gasteiger partial charge is 0.376 e. The van der Waals surface area contributed by atoms with Gasteiger partial charge in [-0.15, -0.1) is 24.0 Å². The first-order valence-corrected chi connectivity index (χ1v) is 8.85. The first-order chi connectivity index (χ1) is 11.9. The second-order valence-electron chi connectivity index (χ2n) is 7.35. The van der Waals surface area contributed by atoms with Crippen molar-refractivity contribution in [3.8, 4) is 0 Å². The van der Waals surface area contributed by atoms with E-state index >= 15 is 0 Å². The fourth-order valence-corrected chi connectivity index (χ4v) is 2.66. The van der Waals surface area contributed by atoms with E-state index in [1.807, 2.05) is 24.3 Å². The predicted octanol–water partition coefficient (Wildman–Crippen LogP) is 2.68. The lowest BCUT2D eigenvalue weighted by Gasteiger charge is -2.23. The number of halogens is 1.